The van der Waals surface area contributed by atoms with E-state index in [0.717, 1.165) is 24.9 Å². The van der Waals surface area contributed by atoms with E-state index in [-0.39, 0.29) is 0 Å². The van der Waals surface area contributed by atoms with Crippen LogP contribution in [0.15, 0.2) is 0 Å². The molecule has 2 fully saturated rings. The van der Waals surface area contributed by atoms with Gasteiger partial charge < -0.3 is 20.5 Å². The molecule has 6 nitrogen and oxygen atoms in total. The van der Waals surface area contributed by atoms with Crippen LogP contribution in [-0.4, -0.2) is 40.9 Å². The van der Waals surface area contributed by atoms with Gasteiger partial charge in [0.1, 0.15) is 11.6 Å². The summed E-state index contributed by atoms with van der Waals surface area (Å²) < 4.78 is 4.98. The van der Waals surface area contributed by atoms with Crippen molar-refractivity contribution in [1.29, 1.82) is 0 Å². The van der Waals surface area contributed by atoms with Crippen molar-refractivity contribution in [3.8, 4) is 0 Å². The van der Waals surface area contributed by atoms with Crippen LogP contribution in [-0.2, 0) is 9.53 Å². The van der Waals surface area contributed by atoms with Crippen molar-refractivity contribution in [3.63, 3.8) is 0 Å². The monoisotopic (exact) mass is 412 g/mol. The number of amides is 1. The molecule has 0 bridgehead atoms. The Morgan fingerprint density at radius 2 is 1.45 bits per heavy atom. The molecule has 170 valence electrons. The van der Waals surface area contributed by atoms with Gasteiger partial charge >= 0.3 is 12.1 Å². The van der Waals surface area contributed by atoms with Crippen LogP contribution in [0.5, 0.6) is 0 Å². The van der Waals surface area contributed by atoms with Crippen molar-refractivity contribution in [1.82, 2.24) is 10.6 Å². The van der Waals surface area contributed by atoms with E-state index >= 15 is 0 Å². The van der Waals surface area contributed by atoms with E-state index in [1.165, 1.54) is 64.2 Å². The molecule has 0 radical (unpaired) electrons. The molecule has 0 saturated heterocycles. The highest BCUT2D eigenvalue weighted by Gasteiger charge is 2.23. The molecule has 0 aromatic carbocycles. The van der Waals surface area contributed by atoms with E-state index < -0.39 is 23.7 Å². The van der Waals surface area contributed by atoms with Crippen molar-refractivity contribution >= 4 is 12.1 Å². The van der Waals surface area contributed by atoms with Crippen LogP contribution in [0.1, 0.15) is 111 Å². The van der Waals surface area contributed by atoms with E-state index in [0.29, 0.717) is 6.42 Å². The number of carbonyl (C=O) groups excluding carboxylic acids is 1. The summed E-state index contributed by atoms with van der Waals surface area (Å²) in [6, 6.07) is 0.878. The number of alkyl carbamates (subject to hydrolysis) is 1. The first-order valence-electron chi connectivity index (χ1n) is 11.7. The third kappa shape index (κ3) is 12.8. The summed E-state index contributed by atoms with van der Waals surface area (Å²) in [4.78, 5) is 22.2. The average Bonchev–Trinajstić information content (AvgIpc) is 2.65. The maximum atomic E-state index is 11.3. The Bertz CT molecular complexity index is 448. The molecule has 0 spiro atoms. The summed E-state index contributed by atoms with van der Waals surface area (Å²) in [6.07, 6.45) is 15.9. The Morgan fingerprint density at radius 3 is 1.83 bits per heavy atom. The maximum absolute atomic E-state index is 11.3. The van der Waals surface area contributed by atoms with Crippen LogP contribution >= 0.6 is 0 Å². The van der Waals surface area contributed by atoms with E-state index in [1.54, 1.807) is 20.8 Å². The molecule has 0 aromatic rings. The SMILES string of the molecule is C1CCC(NC2CCCCC2)CC1.CCCC[C@@H](NC(=O)OC(C)(C)C)C(=O)O. The minimum atomic E-state index is -1.03. The number of nitrogens with one attached hydrogen (secondary N) is 2. The zero-order valence-electron chi connectivity index (χ0n) is 19.1. The zero-order chi connectivity index (χ0) is 21.7. The summed E-state index contributed by atoms with van der Waals surface area (Å²) in [6.45, 7) is 7.16. The molecule has 3 N–H and O–H groups in total. The lowest BCUT2D eigenvalue weighted by Gasteiger charge is -2.30. The lowest BCUT2D eigenvalue weighted by Crippen LogP contribution is -2.43. The Kier molecular flexibility index (Phi) is 12.3. The lowest BCUT2D eigenvalue weighted by molar-refractivity contribution is -0.139. The number of hydrogen-bond acceptors (Lipinski definition) is 4. The van der Waals surface area contributed by atoms with E-state index in [4.69, 9.17) is 9.84 Å². The molecule has 1 atom stereocenters. The van der Waals surface area contributed by atoms with Crippen LogP contribution in [0, 0.1) is 0 Å². The van der Waals surface area contributed by atoms with Crippen molar-refractivity contribution in [2.24, 2.45) is 0 Å². The Morgan fingerprint density at radius 1 is 0.966 bits per heavy atom. The fourth-order valence-corrected chi connectivity index (χ4v) is 3.99. The van der Waals surface area contributed by atoms with Crippen LogP contribution < -0.4 is 10.6 Å². The second-order valence-electron chi connectivity index (χ2n) is 9.52. The van der Waals surface area contributed by atoms with Gasteiger partial charge in [0.15, 0.2) is 0 Å². The van der Waals surface area contributed by atoms with Gasteiger partial charge in [0, 0.05) is 12.1 Å². The largest absolute Gasteiger partial charge is 0.480 e. The van der Waals surface area contributed by atoms with E-state index in [2.05, 4.69) is 10.6 Å². The molecule has 2 rings (SSSR count). The Hall–Kier alpha value is -1.30. The standard InChI is InChI=1S/C12H23N.C11H21NO4/c1-3-7-11(8-4-1)13-12-9-5-2-6-10-12;1-5-6-7-8(9(13)14)12-10(15)16-11(2,3)4/h11-13H,1-10H2;8H,5-7H2,1-4H3,(H,12,15)(H,13,14)/t;8-/m.1/s1. The fourth-order valence-electron chi connectivity index (χ4n) is 3.99. The summed E-state index contributed by atoms with van der Waals surface area (Å²) in [7, 11) is 0. The van der Waals surface area contributed by atoms with Crippen LogP contribution in [0.4, 0.5) is 4.79 Å². The minimum Gasteiger partial charge on any atom is -0.480 e. The molecule has 0 heterocycles. The first-order chi connectivity index (χ1) is 13.7. The third-order valence-corrected chi connectivity index (χ3v) is 5.52. The van der Waals surface area contributed by atoms with Gasteiger partial charge in [-0.1, -0.05) is 58.3 Å². The highest BCUT2D eigenvalue weighted by atomic mass is 16.6. The predicted molar refractivity (Wildman–Crippen MR) is 117 cm³/mol. The van der Waals surface area contributed by atoms with E-state index in [1.807, 2.05) is 6.92 Å². The van der Waals surface area contributed by atoms with Crippen molar-refractivity contribution < 1.29 is 19.4 Å². The Labute approximate surface area is 177 Å². The van der Waals surface area contributed by atoms with Gasteiger partial charge in [0.2, 0.25) is 0 Å². The number of carboxylic acids is 1. The fraction of sp³-hybridized carbons (Fsp3) is 0.913. The molecule has 2 aliphatic rings. The van der Waals surface area contributed by atoms with Gasteiger partial charge in [0.25, 0.3) is 0 Å². The Balaban J connectivity index is 0.000000294. The normalized spacial score (nSPS) is 19.6. The van der Waals surface area contributed by atoms with Gasteiger partial charge in [-0.25, -0.2) is 9.59 Å². The van der Waals surface area contributed by atoms with Gasteiger partial charge in [-0.2, -0.15) is 0 Å². The first-order valence-corrected chi connectivity index (χ1v) is 11.7. The van der Waals surface area contributed by atoms with Crippen molar-refractivity contribution in [2.45, 2.75) is 135 Å². The van der Waals surface area contributed by atoms with Crippen LogP contribution in [0.25, 0.3) is 0 Å². The molecule has 1 amide bonds. The molecule has 29 heavy (non-hydrogen) atoms. The summed E-state index contributed by atoms with van der Waals surface area (Å²) in [5, 5.41) is 15.1. The second kappa shape index (κ2) is 13.8. The average molecular weight is 413 g/mol. The smallest absolute Gasteiger partial charge is 0.408 e. The highest BCUT2D eigenvalue weighted by molar-refractivity contribution is 5.79. The summed E-state index contributed by atoms with van der Waals surface area (Å²) in [5.74, 6) is -1.03. The van der Waals surface area contributed by atoms with Gasteiger partial charge in [-0.05, 0) is 52.9 Å². The first kappa shape index (κ1) is 25.7. The second-order valence-corrected chi connectivity index (χ2v) is 9.52. The predicted octanol–water partition coefficient (Wildman–Crippen LogP) is 5.40. The van der Waals surface area contributed by atoms with E-state index in [9.17, 15) is 9.59 Å². The van der Waals surface area contributed by atoms with Crippen LogP contribution in [0.2, 0.25) is 0 Å². The molecule has 2 aliphatic carbocycles. The van der Waals surface area contributed by atoms with Gasteiger partial charge in [0.05, 0.1) is 0 Å². The number of carbonyl (C=O) groups is 2. The quantitative estimate of drug-likeness (QED) is 0.521. The van der Waals surface area contributed by atoms with Crippen molar-refractivity contribution in [3.05, 3.63) is 0 Å². The molecule has 6 heteroatoms. The molecule has 2 saturated carbocycles. The number of hydrogen-bond donors (Lipinski definition) is 3. The summed E-state index contributed by atoms with van der Waals surface area (Å²) in [5.41, 5.74) is -0.613. The molecule has 0 aliphatic heterocycles. The topological polar surface area (TPSA) is 87.7 Å². The highest BCUT2D eigenvalue weighted by Crippen LogP contribution is 2.22. The number of rotatable bonds is 7. The molecule has 0 unspecified atom stereocenters. The third-order valence-electron chi connectivity index (χ3n) is 5.52. The number of ether oxygens (including phenoxy) is 1. The lowest BCUT2D eigenvalue weighted by atomic mass is 9.91. The molecular weight excluding hydrogens is 368 g/mol. The number of unbranched alkanes of at least 4 members (excludes halogenated alkanes) is 1. The zero-order valence-corrected chi connectivity index (χ0v) is 19.1. The molecular formula is C23H44N2O4. The minimum absolute atomic E-state index is 0.422. The van der Waals surface area contributed by atoms with Gasteiger partial charge in [-0.15, -0.1) is 0 Å². The number of carboxylic acid groups (broad SMARTS) is 1. The van der Waals surface area contributed by atoms with Crippen LogP contribution in [0.3, 0.4) is 0 Å². The maximum Gasteiger partial charge on any atom is 0.408 e. The molecule has 0 aromatic heterocycles. The number of aliphatic carboxylic acids is 1. The van der Waals surface area contributed by atoms with Gasteiger partial charge in [-0.3, -0.25) is 0 Å². The summed E-state index contributed by atoms with van der Waals surface area (Å²) >= 11 is 0. The van der Waals surface area contributed by atoms with Crippen molar-refractivity contribution in [2.75, 3.05) is 0 Å².